The van der Waals surface area contributed by atoms with Crippen LogP contribution in [0.15, 0.2) is 59.3 Å². The third kappa shape index (κ3) is 5.28. The van der Waals surface area contributed by atoms with E-state index in [9.17, 15) is 22.8 Å². The number of carbonyl (C=O) groups excluding carboxylic acids is 2. The van der Waals surface area contributed by atoms with Crippen LogP contribution in [-0.4, -0.2) is 39.2 Å². The largest absolute Gasteiger partial charge is 0.471 e. The first-order valence-electron chi connectivity index (χ1n) is 9.09. The van der Waals surface area contributed by atoms with Crippen molar-refractivity contribution in [2.24, 2.45) is 0 Å². The predicted molar refractivity (Wildman–Crippen MR) is 102 cm³/mol. The second kappa shape index (κ2) is 8.85. The zero-order valence-electron chi connectivity index (χ0n) is 16.0. The van der Waals surface area contributed by atoms with Gasteiger partial charge in [-0.2, -0.15) is 18.3 Å². The van der Waals surface area contributed by atoms with E-state index in [1.807, 2.05) is 0 Å². The Balaban J connectivity index is 1.65. The smallest absolute Gasteiger partial charge is 0.454 e. The predicted octanol–water partition coefficient (Wildman–Crippen LogP) is 3.69. The van der Waals surface area contributed by atoms with E-state index >= 15 is 0 Å². The van der Waals surface area contributed by atoms with Gasteiger partial charge in [-0.15, -0.1) is 0 Å². The van der Waals surface area contributed by atoms with Gasteiger partial charge in [-0.3, -0.25) is 14.3 Å². The summed E-state index contributed by atoms with van der Waals surface area (Å²) in [6.07, 6.45) is -1.54. The van der Waals surface area contributed by atoms with Crippen molar-refractivity contribution in [3.63, 3.8) is 0 Å². The standard InChI is InChI=1S/C20H19F3N4O3/c1-2-26(19(29)20(21,22)23)12-14-5-3-6-15(11-14)25-18(28)17-8-7-16(30-17)13-27-10-4-9-24-27/h3-11H,2,12-13H2,1H3,(H,25,28). The molecule has 2 aromatic heterocycles. The molecule has 158 valence electrons. The number of anilines is 1. The lowest BCUT2D eigenvalue weighted by Gasteiger charge is -2.22. The van der Waals surface area contributed by atoms with Crippen molar-refractivity contribution in [3.8, 4) is 0 Å². The number of halogens is 3. The van der Waals surface area contributed by atoms with E-state index < -0.39 is 18.0 Å². The van der Waals surface area contributed by atoms with E-state index in [1.54, 1.807) is 47.4 Å². The Morgan fingerprint density at radius 3 is 2.67 bits per heavy atom. The molecule has 0 aliphatic carbocycles. The zero-order chi connectivity index (χ0) is 21.7. The molecule has 1 N–H and O–H groups in total. The molecule has 7 nitrogen and oxygen atoms in total. The summed E-state index contributed by atoms with van der Waals surface area (Å²) >= 11 is 0. The van der Waals surface area contributed by atoms with Crippen LogP contribution in [0.1, 0.15) is 28.8 Å². The molecule has 3 rings (SSSR count). The van der Waals surface area contributed by atoms with Gasteiger partial charge in [0.1, 0.15) is 5.76 Å². The van der Waals surface area contributed by atoms with Crippen molar-refractivity contribution >= 4 is 17.5 Å². The molecule has 0 unspecified atom stereocenters. The Kier molecular flexibility index (Phi) is 6.24. The van der Waals surface area contributed by atoms with E-state index in [1.165, 1.54) is 19.1 Å². The van der Waals surface area contributed by atoms with E-state index in [2.05, 4.69) is 10.4 Å². The summed E-state index contributed by atoms with van der Waals surface area (Å²) in [6, 6.07) is 11.2. The Bertz CT molecular complexity index is 1010. The molecule has 0 aliphatic rings. The highest BCUT2D eigenvalue weighted by molar-refractivity contribution is 6.02. The van der Waals surface area contributed by atoms with Crippen LogP contribution in [-0.2, 0) is 17.9 Å². The molecule has 2 amide bonds. The highest BCUT2D eigenvalue weighted by atomic mass is 19.4. The zero-order valence-corrected chi connectivity index (χ0v) is 16.0. The molecule has 0 radical (unpaired) electrons. The van der Waals surface area contributed by atoms with Crippen molar-refractivity contribution < 1.29 is 27.2 Å². The highest BCUT2D eigenvalue weighted by Crippen LogP contribution is 2.21. The Hall–Kier alpha value is -3.56. The van der Waals surface area contributed by atoms with Gasteiger partial charge < -0.3 is 14.6 Å². The molecule has 3 aromatic rings. The van der Waals surface area contributed by atoms with Gasteiger partial charge in [0.2, 0.25) is 0 Å². The van der Waals surface area contributed by atoms with E-state index in [-0.39, 0.29) is 18.8 Å². The number of rotatable bonds is 7. The monoisotopic (exact) mass is 420 g/mol. The molecule has 10 heteroatoms. The number of hydrogen-bond donors (Lipinski definition) is 1. The number of aromatic nitrogens is 2. The molecule has 1 aromatic carbocycles. The summed E-state index contributed by atoms with van der Waals surface area (Å²) in [5.41, 5.74) is 0.823. The maximum atomic E-state index is 12.7. The Morgan fingerprint density at radius 1 is 1.20 bits per heavy atom. The molecule has 2 heterocycles. The number of carbonyl (C=O) groups is 2. The van der Waals surface area contributed by atoms with E-state index in [4.69, 9.17) is 4.42 Å². The molecule has 30 heavy (non-hydrogen) atoms. The Morgan fingerprint density at radius 2 is 2.00 bits per heavy atom. The van der Waals surface area contributed by atoms with Gasteiger partial charge in [-0.25, -0.2) is 0 Å². The molecular weight excluding hydrogens is 401 g/mol. The number of benzene rings is 1. The van der Waals surface area contributed by atoms with Crippen LogP contribution >= 0.6 is 0 Å². The number of hydrogen-bond acceptors (Lipinski definition) is 4. The summed E-state index contributed by atoms with van der Waals surface area (Å²) in [7, 11) is 0. The lowest BCUT2D eigenvalue weighted by atomic mass is 10.2. The molecular formula is C20H19F3N4O3. The molecule has 0 atom stereocenters. The summed E-state index contributed by atoms with van der Waals surface area (Å²) < 4.78 is 45.2. The highest BCUT2D eigenvalue weighted by Gasteiger charge is 2.41. The number of alkyl halides is 3. The lowest BCUT2D eigenvalue weighted by Crippen LogP contribution is -2.40. The lowest BCUT2D eigenvalue weighted by molar-refractivity contribution is -0.185. The van der Waals surface area contributed by atoms with Crippen LogP contribution in [0.5, 0.6) is 0 Å². The van der Waals surface area contributed by atoms with Gasteiger partial charge in [0.15, 0.2) is 5.76 Å². The number of nitrogens with zero attached hydrogens (tertiary/aromatic N) is 3. The van der Waals surface area contributed by atoms with Crippen LogP contribution in [0, 0.1) is 0 Å². The topological polar surface area (TPSA) is 80.4 Å². The molecule has 0 saturated carbocycles. The van der Waals surface area contributed by atoms with Gasteiger partial charge in [-0.05, 0) is 42.8 Å². The number of amides is 2. The minimum absolute atomic E-state index is 0.0880. The molecule has 0 aliphatic heterocycles. The van der Waals surface area contributed by atoms with Crippen LogP contribution in [0.3, 0.4) is 0 Å². The maximum absolute atomic E-state index is 12.7. The minimum atomic E-state index is -4.94. The average Bonchev–Trinajstić information content (AvgIpc) is 3.38. The molecule has 0 spiro atoms. The average molecular weight is 420 g/mol. The van der Waals surface area contributed by atoms with Crippen molar-refractivity contribution in [1.29, 1.82) is 0 Å². The molecule has 0 fully saturated rings. The Labute approximate surface area is 170 Å². The summed E-state index contributed by atoms with van der Waals surface area (Å²) in [4.78, 5) is 24.6. The van der Waals surface area contributed by atoms with Gasteiger partial charge in [0.25, 0.3) is 5.91 Å². The fourth-order valence-electron chi connectivity index (χ4n) is 2.81. The van der Waals surface area contributed by atoms with Crippen LogP contribution in [0.25, 0.3) is 0 Å². The third-order valence-electron chi connectivity index (χ3n) is 4.23. The van der Waals surface area contributed by atoms with Gasteiger partial charge >= 0.3 is 12.1 Å². The summed E-state index contributed by atoms with van der Waals surface area (Å²) in [6.45, 7) is 1.51. The van der Waals surface area contributed by atoms with Crippen molar-refractivity contribution in [3.05, 3.63) is 71.9 Å². The maximum Gasteiger partial charge on any atom is 0.471 e. The number of nitrogens with one attached hydrogen (secondary N) is 1. The van der Waals surface area contributed by atoms with Crippen molar-refractivity contribution in [1.82, 2.24) is 14.7 Å². The van der Waals surface area contributed by atoms with Gasteiger partial charge in [-0.1, -0.05) is 12.1 Å². The summed E-state index contributed by atoms with van der Waals surface area (Å²) in [5, 5.41) is 6.70. The fraction of sp³-hybridized carbons (Fsp3) is 0.250. The third-order valence-corrected chi connectivity index (χ3v) is 4.23. The minimum Gasteiger partial charge on any atom is -0.454 e. The number of furan rings is 1. The van der Waals surface area contributed by atoms with Crippen molar-refractivity contribution in [2.75, 3.05) is 11.9 Å². The quantitative estimate of drug-likeness (QED) is 0.632. The second-order valence-electron chi connectivity index (χ2n) is 6.44. The van der Waals surface area contributed by atoms with Crippen LogP contribution in [0.2, 0.25) is 0 Å². The normalized spacial score (nSPS) is 11.3. The summed E-state index contributed by atoms with van der Waals surface area (Å²) in [5.74, 6) is -1.77. The van der Waals surface area contributed by atoms with Gasteiger partial charge in [0, 0.05) is 31.2 Å². The SMILES string of the molecule is CCN(Cc1cccc(NC(=O)c2ccc(Cn3cccn3)o2)c1)C(=O)C(F)(F)F. The van der Waals surface area contributed by atoms with Crippen LogP contribution in [0.4, 0.5) is 18.9 Å². The van der Waals surface area contributed by atoms with Gasteiger partial charge in [0.05, 0.1) is 6.54 Å². The van der Waals surface area contributed by atoms with E-state index in [0.29, 0.717) is 28.5 Å². The fourth-order valence-corrected chi connectivity index (χ4v) is 2.81. The van der Waals surface area contributed by atoms with E-state index in [0.717, 1.165) is 0 Å². The van der Waals surface area contributed by atoms with Crippen LogP contribution < -0.4 is 5.32 Å². The first-order valence-corrected chi connectivity index (χ1v) is 9.09. The van der Waals surface area contributed by atoms with Crippen molar-refractivity contribution in [2.45, 2.75) is 26.2 Å². The first-order chi connectivity index (χ1) is 14.3. The molecule has 0 bridgehead atoms. The molecule has 0 saturated heterocycles. The second-order valence-corrected chi connectivity index (χ2v) is 6.44. The first kappa shape index (κ1) is 21.2.